The zero-order valence-electron chi connectivity index (χ0n) is 26.8. The van der Waals surface area contributed by atoms with Crippen LogP contribution in [-0.4, -0.2) is 72.3 Å². The summed E-state index contributed by atoms with van der Waals surface area (Å²) in [6.45, 7) is -0.170. The van der Waals surface area contributed by atoms with Gasteiger partial charge in [0.05, 0.1) is 17.7 Å². The smallest absolute Gasteiger partial charge is 0.331 e. The topological polar surface area (TPSA) is 145 Å². The maximum absolute atomic E-state index is 14.4. The first-order chi connectivity index (χ1) is 23.2. The normalized spacial score (nSPS) is 14.9. The predicted octanol–water partition coefficient (Wildman–Crippen LogP) is 4.80. The molecule has 0 saturated carbocycles. The van der Waals surface area contributed by atoms with Crippen molar-refractivity contribution in [2.45, 2.75) is 42.7 Å². The first kappa shape index (κ1) is 34.3. The van der Waals surface area contributed by atoms with Crippen LogP contribution in [0.5, 0.6) is 0 Å². The van der Waals surface area contributed by atoms with E-state index in [1.807, 2.05) is 91.0 Å². The number of nitrogens with zero attached hydrogens (tertiary/aromatic N) is 1. The third kappa shape index (κ3) is 6.43. The number of benzene rings is 4. The lowest BCUT2D eigenvalue weighted by Gasteiger charge is -2.37. The lowest BCUT2D eigenvalue weighted by Crippen LogP contribution is -2.62. The van der Waals surface area contributed by atoms with E-state index in [2.05, 4.69) is 0 Å². The lowest BCUT2D eigenvalue weighted by atomic mass is 9.80. The van der Waals surface area contributed by atoms with Gasteiger partial charge in [-0.25, -0.2) is 4.79 Å². The maximum atomic E-state index is 14.4. The van der Waals surface area contributed by atoms with Crippen LogP contribution < -0.4 is 5.73 Å². The van der Waals surface area contributed by atoms with E-state index in [1.54, 1.807) is 12.1 Å². The van der Waals surface area contributed by atoms with Crippen molar-refractivity contribution in [2.24, 2.45) is 5.73 Å². The Morgan fingerprint density at radius 3 is 1.52 bits per heavy atom. The summed E-state index contributed by atoms with van der Waals surface area (Å²) in [7, 11) is 2.76. The minimum absolute atomic E-state index is 0.0357. The van der Waals surface area contributed by atoms with Crippen molar-refractivity contribution < 1.29 is 38.5 Å². The number of amides is 2. The maximum Gasteiger partial charge on any atom is 0.331 e. The Hall–Kier alpha value is -5.00. The largest absolute Gasteiger partial charge is 0.480 e. The average molecular weight is 651 g/mol. The molecule has 0 aliphatic carbocycles. The van der Waals surface area contributed by atoms with E-state index >= 15 is 0 Å². The number of rotatable bonds is 16. The summed E-state index contributed by atoms with van der Waals surface area (Å²) < 4.78 is 17.2. The molecule has 1 heterocycles. The number of ketones is 1. The molecule has 10 nitrogen and oxygen atoms in total. The number of imide groups is 1. The molecule has 4 aromatic rings. The Morgan fingerprint density at radius 1 is 0.708 bits per heavy atom. The molecule has 0 radical (unpaired) electrons. The molecule has 5 rings (SSSR count). The molecule has 4 aromatic carbocycles. The van der Waals surface area contributed by atoms with E-state index in [0.29, 0.717) is 0 Å². The van der Waals surface area contributed by atoms with Gasteiger partial charge >= 0.3 is 5.97 Å². The molecule has 0 fully saturated rings. The number of carboxylic acid groups (broad SMARTS) is 1. The van der Waals surface area contributed by atoms with Crippen LogP contribution in [0.3, 0.4) is 0 Å². The van der Waals surface area contributed by atoms with Gasteiger partial charge in [0.25, 0.3) is 11.8 Å². The zero-order valence-corrected chi connectivity index (χ0v) is 26.8. The second kappa shape index (κ2) is 14.8. The molecule has 10 heteroatoms. The number of nitrogens with two attached hydrogens (primary N) is 1. The number of carboxylic acids is 1. The van der Waals surface area contributed by atoms with Gasteiger partial charge in [0.2, 0.25) is 0 Å². The third-order valence-electron chi connectivity index (χ3n) is 8.81. The minimum Gasteiger partial charge on any atom is -0.480 e. The van der Waals surface area contributed by atoms with Gasteiger partial charge in [-0.3, -0.25) is 19.3 Å². The van der Waals surface area contributed by atoms with Crippen molar-refractivity contribution in [3.63, 3.8) is 0 Å². The van der Waals surface area contributed by atoms with Crippen molar-refractivity contribution in [1.82, 2.24) is 4.90 Å². The van der Waals surface area contributed by atoms with Crippen LogP contribution in [0.2, 0.25) is 0 Å². The number of carbonyl (C=O) groups is 4. The molecule has 2 atom stereocenters. The highest BCUT2D eigenvalue weighted by Crippen LogP contribution is 2.41. The molecule has 0 aromatic heterocycles. The molecule has 0 bridgehead atoms. The fourth-order valence-electron chi connectivity index (χ4n) is 6.27. The molecular formula is C38H38N2O8. The second-order valence-corrected chi connectivity index (χ2v) is 11.5. The number of aliphatic carboxylic acids is 1. The van der Waals surface area contributed by atoms with Crippen LogP contribution >= 0.6 is 0 Å². The fourth-order valence-corrected chi connectivity index (χ4v) is 6.27. The highest BCUT2D eigenvalue weighted by molar-refractivity contribution is 6.24. The number of methoxy groups -OCH3 is 2. The van der Waals surface area contributed by atoms with Crippen molar-refractivity contribution in [3.8, 4) is 0 Å². The number of hydrogen-bond donors (Lipinski definition) is 2. The highest BCUT2D eigenvalue weighted by atomic mass is 16.7. The van der Waals surface area contributed by atoms with Crippen LogP contribution in [-0.2, 0) is 29.4 Å². The molecular weight excluding hydrogens is 612 g/mol. The van der Waals surface area contributed by atoms with Crippen LogP contribution in [0.25, 0.3) is 0 Å². The number of fused-ring (bicyclic) bond motifs is 1. The summed E-state index contributed by atoms with van der Waals surface area (Å²) in [6.07, 6.45) is -1.48. The van der Waals surface area contributed by atoms with Gasteiger partial charge in [0, 0.05) is 20.6 Å². The summed E-state index contributed by atoms with van der Waals surface area (Å²) in [4.78, 5) is 55.3. The molecule has 3 N–H and O–H groups in total. The number of carbonyl (C=O) groups excluding carboxylic acids is 3. The van der Waals surface area contributed by atoms with Crippen molar-refractivity contribution >= 4 is 23.6 Å². The van der Waals surface area contributed by atoms with E-state index in [9.17, 15) is 24.3 Å². The Morgan fingerprint density at radius 2 is 1.12 bits per heavy atom. The van der Waals surface area contributed by atoms with Crippen molar-refractivity contribution in [2.75, 3.05) is 20.8 Å². The molecule has 48 heavy (non-hydrogen) atoms. The molecule has 1 aliphatic rings. The first-order valence-corrected chi connectivity index (χ1v) is 15.6. The van der Waals surface area contributed by atoms with Gasteiger partial charge in [-0.15, -0.1) is 0 Å². The highest BCUT2D eigenvalue weighted by Gasteiger charge is 2.51. The van der Waals surface area contributed by atoms with E-state index in [-0.39, 0.29) is 37.0 Å². The second-order valence-electron chi connectivity index (χ2n) is 11.5. The summed E-state index contributed by atoms with van der Waals surface area (Å²) in [5, 5.41) is 10.3. The summed E-state index contributed by atoms with van der Waals surface area (Å²) in [5.41, 5.74) is 5.37. The van der Waals surface area contributed by atoms with E-state index in [1.165, 1.54) is 26.4 Å². The van der Waals surface area contributed by atoms with Gasteiger partial charge in [0.15, 0.2) is 17.6 Å². The zero-order chi connectivity index (χ0) is 34.3. The first-order valence-electron chi connectivity index (χ1n) is 15.6. The SMILES string of the molecule is COC(CCC(N)(C(=O)O)C(=O)C(CCOC(c1ccccc1)(c1ccccc1)c1ccccc1)N1C(=O)c2ccccc2C1=O)OC. The minimum atomic E-state index is -2.48. The standard InChI is InChI=1S/C38H38N2O8/c1-46-32(47-2)22-24-37(39,36(44)45)33(41)31(40-34(42)29-20-12-13-21-30(29)35(40)43)23-25-48-38(26-14-6-3-7-15-26,27-16-8-4-9-17-27)28-18-10-5-11-19-28/h3-21,31-32H,22-25,39H2,1-2H3,(H,44,45). The lowest BCUT2D eigenvalue weighted by molar-refractivity contribution is -0.152. The third-order valence-corrected chi connectivity index (χ3v) is 8.81. The Bertz CT molecular complexity index is 1610. The summed E-state index contributed by atoms with van der Waals surface area (Å²) >= 11 is 0. The Labute approximate surface area is 279 Å². The van der Waals surface area contributed by atoms with E-state index in [0.717, 1.165) is 21.6 Å². The van der Waals surface area contributed by atoms with Gasteiger partial charge in [-0.1, -0.05) is 103 Å². The van der Waals surface area contributed by atoms with Crippen LogP contribution in [0.4, 0.5) is 0 Å². The monoisotopic (exact) mass is 650 g/mol. The van der Waals surface area contributed by atoms with Gasteiger partial charge in [-0.2, -0.15) is 0 Å². The molecule has 248 valence electrons. The van der Waals surface area contributed by atoms with Crippen molar-refractivity contribution in [3.05, 3.63) is 143 Å². The molecule has 2 unspecified atom stereocenters. The van der Waals surface area contributed by atoms with Gasteiger partial charge in [0.1, 0.15) is 11.6 Å². The van der Waals surface area contributed by atoms with Gasteiger partial charge in [-0.05, 0) is 41.7 Å². The van der Waals surface area contributed by atoms with Gasteiger partial charge < -0.3 is 25.1 Å². The fraction of sp³-hybridized carbons (Fsp3) is 0.263. The number of hydrogen-bond acceptors (Lipinski definition) is 8. The van der Waals surface area contributed by atoms with E-state index < -0.39 is 47.0 Å². The Balaban J connectivity index is 1.57. The predicted molar refractivity (Wildman–Crippen MR) is 177 cm³/mol. The molecule has 0 spiro atoms. The summed E-state index contributed by atoms with van der Waals surface area (Å²) in [5.74, 6) is -4.04. The molecule has 2 amide bonds. The van der Waals surface area contributed by atoms with Crippen molar-refractivity contribution in [1.29, 1.82) is 0 Å². The molecule has 1 aliphatic heterocycles. The van der Waals surface area contributed by atoms with Crippen LogP contribution in [0.15, 0.2) is 115 Å². The number of Topliss-reactive ketones (excluding diaryl/α,β-unsaturated/α-hetero) is 1. The summed E-state index contributed by atoms with van der Waals surface area (Å²) in [6, 6.07) is 33.3. The Kier molecular flexibility index (Phi) is 10.6. The van der Waals surface area contributed by atoms with E-state index in [4.69, 9.17) is 19.9 Å². The van der Waals surface area contributed by atoms with Crippen LogP contribution in [0.1, 0.15) is 56.7 Å². The molecule has 0 saturated heterocycles. The average Bonchev–Trinajstić information content (AvgIpc) is 3.38. The van der Waals surface area contributed by atoms with Crippen LogP contribution in [0, 0.1) is 0 Å². The quantitative estimate of drug-likeness (QED) is 0.0756. The number of ether oxygens (including phenoxy) is 3.